The third-order valence-corrected chi connectivity index (χ3v) is 14.1. The molecular formula is C55H49N5OPt. The maximum Gasteiger partial charge on any atom is 2.00 e. The topological polar surface area (TPSA) is 55.5 Å². The molecule has 7 heteroatoms. The van der Waals surface area contributed by atoms with Gasteiger partial charge in [0.2, 0.25) is 0 Å². The molecule has 0 spiro atoms. The Kier molecular flexibility index (Phi) is 8.98. The molecule has 62 heavy (non-hydrogen) atoms. The standard InChI is InChI=1S/C55H49N5O.Pt/c1-31-16-17-43-39(22-31)30-54(9)55(43,10)58-51(60(54)49-35(5)20-32(2)21-36(49)6)38-26-37(46-15-11-12-18-56-46)27-40(28-38)61-48-29-47-41(25-34(48)4)42-23-33(3)24-45-50(42)59(47)52-44(53(45,7)8)14-13-19-57-52;/h11-27H,30H2,1-10H3;/q-2;+2/t54-,55+;/m0./s1. The smallest absolute Gasteiger partial charge is 0.503 e. The monoisotopic (exact) mass is 990 g/mol. The van der Waals surface area contributed by atoms with Gasteiger partial charge in [-0.25, -0.2) is 4.98 Å². The Balaban J connectivity index is 0.00000458. The van der Waals surface area contributed by atoms with E-state index in [2.05, 4.69) is 152 Å². The molecule has 11 rings (SSSR count). The average molecular weight is 991 g/mol. The van der Waals surface area contributed by atoms with Crippen LogP contribution in [0, 0.1) is 53.7 Å². The number of amidine groups is 1. The zero-order chi connectivity index (χ0) is 42.3. The molecular weight excluding hydrogens is 942 g/mol. The van der Waals surface area contributed by atoms with Crippen LogP contribution >= 0.6 is 0 Å². The van der Waals surface area contributed by atoms with Crippen LogP contribution in [0.1, 0.15) is 88.9 Å². The Bertz CT molecular complexity index is 3210. The summed E-state index contributed by atoms with van der Waals surface area (Å²) in [5.41, 5.74) is 17.1. The molecule has 0 bridgehead atoms. The van der Waals surface area contributed by atoms with Gasteiger partial charge in [0.1, 0.15) is 5.82 Å². The van der Waals surface area contributed by atoms with E-state index in [0.717, 1.165) is 51.4 Å². The quantitative estimate of drug-likeness (QED) is 0.161. The van der Waals surface area contributed by atoms with Crippen molar-refractivity contribution < 1.29 is 25.8 Å². The van der Waals surface area contributed by atoms with Crippen molar-refractivity contribution in [3.8, 4) is 28.6 Å². The van der Waals surface area contributed by atoms with Crippen LogP contribution in [0.2, 0.25) is 0 Å². The third kappa shape index (κ3) is 5.61. The summed E-state index contributed by atoms with van der Waals surface area (Å²) in [4.78, 5) is 18.2. The Morgan fingerprint density at radius 3 is 2.18 bits per heavy atom. The number of rotatable bonds is 5. The van der Waals surface area contributed by atoms with E-state index in [1.54, 1.807) is 0 Å². The van der Waals surface area contributed by atoms with E-state index in [1.807, 2.05) is 42.7 Å². The number of aromatic nitrogens is 3. The third-order valence-electron chi connectivity index (χ3n) is 14.1. The van der Waals surface area contributed by atoms with Crippen molar-refractivity contribution in [2.24, 2.45) is 4.99 Å². The van der Waals surface area contributed by atoms with Gasteiger partial charge in [-0.05, 0) is 106 Å². The molecule has 2 atom stereocenters. The second-order valence-corrected chi connectivity index (χ2v) is 18.8. The van der Waals surface area contributed by atoms with Crippen molar-refractivity contribution in [2.45, 2.75) is 92.2 Å². The van der Waals surface area contributed by atoms with Gasteiger partial charge < -0.3 is 19.2 Å². The van der Waals surface area contributed by atoms with Crippen molar-refractivity contribution >= 4 is 33.3 Å². The summed E-state index contributed by atoms with van der Waals surface area (Å²) >= 11 is 0. The largest absolute Gasteiger partial charge is 2.00 e. The summed E-state index contributed by atoms with van der Waals surface area (Å²) in [6, 6.07) is 40.4. The second kappa shape index (κ2) is 13.8. The fraction of sp³-hybridized carbons (Fsp3) is 0.255. The van der Waals surface area contributed by atoms with E-state index >= 15 is 0 Å². The molecule has 5 aromatic carbocycles. The Morgan fingerprint density at radius 1 is 0.661 bits per heavy atom. The Morgan fingerprint density at radius 2 is 1.42 bits per heavy atom. The van der Waals surface area contributed by atoms with E-state index in [4.69, 9.17) is 19.7 Å². The number of aryl methyl sites for hydroxylation is 6. The number of aliphatic imine (C=N–C) groups is 1. The molecule has 0 saturated carbocycles. The van der Waals surface area contributed by atoms with Gasteiger partial charge in [-0.2, -0.15) is 6.07 Å². The van der Waals surface area contributed by atoms with E-state index in [-0.39, 0.29) is 32.0 Å². The molecule has 0 amide bonds. The number of benzene rings is 5. The Labute approximate surface area is 379 Å². The van der Waals surface area contributed by atoms with Crippen LogP contribution < -0.4 is 9.64 Å². The minimum absolute atomic E-state index is 0. The fourth-order valence-electron chi connectivity index (χ4n) is 11.1. The first-order chi connectivity index (χ1) is 29.2. The minimum Gasteiger partial charge on any atom is -0.503 e. The van der Waals surface area contributed by atoms with Crippen molar-refractivity contribution in [3.05, 3.63) is 177 Å². The Hall–Kier alpha value is -5.84. The molecule has 1 aliphatic carbocycles. The van der Waals surface area contributed by atoms with Crippen LogP contribution in [0.5, 0.6) is 11.5 Å². The first-order valence-corrected chi connectivity index (χ1v) is 21.4. The maximum absolute atomic E-state index is 7.05. The molecule has 0 N–H and O–H groups in total. The molecule has 2 aliphatic heterocycles. The van der Waals surface area contributed by atoms with E-state index in [9.17, 15) is 0 Å². The molecule has 0 saturated heterocycles. The summed E-state index contributed by atoms with van der Waals surface area (Å²) in [6.07, 6.45) is 4.59. The van der Waals surface area contributed by atoms with Gasteiger partial charge in [0.15, 0.2) is 0 Å². The summed E-state index contributed by atoms with van der Waals surface area (Å²) in [6.45, 7) is 22.4. The molecule has 0 unspecified atom stereocenters. The maximum atomic E-state index is 7.05. The molecule has 6 nitrogen and oxygen atoms in total. The number of fused-ring (bicyclic) bond motifs is 8. The predicted molar refractivity (Wildman–Crippen MR) is 248 cm³/mol. The van der Waals surface area contributed by atoms with Gasteiger partial charge in [-0.3, -0.25) is 4.98 Å². The van der Waals surface area contributed by atoms with E-state index in [1.165, 1.54) is 66.7 Å². The van der Waals surface area contributed by atoms with Crippen molar-refractivity contribution in [3.63, 3.8) is 0 Å². The SMILES string of the molecule is Cc1cc(C)c(N2C(c3[c-]c(Oc4[c-]c5c(cc4C)c4cc(C)cc6c4n5-c4ncccc4C6(C)C)cc(-c4ccccn4)c3)=N[C@]3(C)c4ccc(C)cc4C[C@]23C)c(C)c1.[Pt+2]. The molecule has 5 heterocycles. The first-order valence-electron chi connectivity index (χ1n) is 21.4. The molecule has 3 aromatic heterocycles. The average Bonchev–Trinajstić information content (AvgIpc) is 3.73. The molecule has 3 aliphatic rings. The number of hydrogen-bond acceptors (Lipinski definition) is 5. The zero-order valence-electron chi connectivity index (χ0n) is 37.0. The van der Waals surface area contributed by atoms with Crippen LogP contribution in [-0.4, -0.2) is 25.9 Å². The number of ether oxygens (including phenoxy) is 1. The number of anilines is 1. The van der Waals surface area contributed by atoms with Gasteiger partial charge in [0.25, 0.3) is 0 Å². The van der Waals surface area contributed by atoms with Crippen molar-refractivity contribution in [1.29, 1.82) is 0 Å². The summed E-state index contributed by atoms with van der Waals surface area (Å²) in [5.74, 6) is 3.03. The van der Waals surface area contributed by atoms with Gasteiger partial charge in [-0.15, -0.1) is 28.6 Å². The van der Waals surface area contributed by atoms with Crippen molar-refractivity contribution in [1.82, 2.24) is 14.5 Å². The van der Waals surface area contributed by atoms with Crippen LogP contribution in [0.15, 0.2) is 108 Å². The summed E-state index contributed by atoms with van der Waals surface area (Å²) in [7, 11) is 0. The van der Waals surface area contributed by atoms with Gasteiger partial charge in [0, 0.05) is 46.1 Å². The van der Waals surface area contributed by atoms with E-state index < -0.39 is 5.54 Å². The zero-order valence-corrected chi connectivity index (χ0v) is 39.3. The van der Waals surface area contributed by atoms with Crippen LogP contribution in [-0.2, 0) is 38.4 Å². The first kappa shape index (κ1) is 40.2. The normalized spacial score (nSPS) is 19.3. The van der Waals surface area contributed by atoms with Crippen LogP contribution in [0.25, 0.3) is 38.9 Å². The van der Waals surface area contributed by atoms with Crippen LogP contribution in [0.4, 0.5) is 5.69 Å². The molecule has 310 valence electrons. The van der Waals surface area contributed by atoms with E-state index in [0.29, 0.717) is 11.5 Å². The van der Waals surface area contributed by atoms with Crippen molar-refractivity contribution in [2.75, 3.05) is 4.90 Å². The molecule has 0 radical (unpaired) electrons. The molecule has 0 fully saturated rings. The number of pyridine rings is 2. The van der Waals surface area contributed by atoms with Crippen LogP contribution in [0.3, 0.4) is 0 Å². The minimum atomic E-state index is -0.519. The van der Waals surface area contributed by atoms with Gasteiger partial charge >= 0.3 is 21.1 Å². The molecule has 8 aromatic rings. The summed E-state index contributed by atoms with van der Waals surface area (Å²) < 4.78 is 9.34. The number of hydrogen-bond donors (Lipinski definition) is 0. The fourth-order valence-corrected chi connectivity index (χ4v) is 11.1. The van der Waals surface area contributed by atoms with Gasteiger partial charge in [-0.1, -0.05) is 115 Å². The predicted octanol–water partition coefficient (Wildman–Crippen LogP) is 12.6. The number of nitrogens with zero attached hydrogens (tertiary/aromatic N) is 5. The summed E-state index contributed by atoms with van der Waals surface area (Å²) in [5, 5.41) is 2.34. The second-order valence-electron chi connectivity index (χ2n) is 18.8. The van der Waals surface area contributed by atoms with Gasteiger partial charge in [0.05, 0.1) is 22.6 Å².